The highest BCUT2D eigenvalue weighted by Gasteiger charge is 2.28. The molecule has 1 saturated heterocycles. The van der Waals surface area contributed by atoms with Crippen molar-refractivity contribution >= 4 is 0 Å². The maximum atomic E-state index is 5.71. The van der Waals surface area contributed by atoms with Crippen LogP contribution in [0.5, 0.6) is 0 Å². The van der Waals surface area contributed by atoms with Crippen LogP contribution in [0.1, 0.15) is 32.1 Å². The molecule has 1 atom stereocenters. The van der Waals surface area contributed by atoms with Gasteiger partial charge in [0, 0.05) is 12.3 Å². The molecular weight excluding hydrogens is 176 g/mol. The number of fused-ring (bicyclic) bond motifs is 1. The number of hydrogen-bond donors (Lipinski definition) is 0. The number of allylic oxidation sites excluding steroid dienone is 4. The van der Waals surface area contributed by atoms with Gasteiger partial charge in [-0.05, 0) is 37.3 Å². The predicted molar refractivity (Wildman–Crippen MR) is 53.6 cm³/mol. The second kappa shape index (κ2) is 3.34. The molecule has 0 aromatic carbocycles. The zero-order valence-corrected chi connectivity index (χ0v) is 8.42. The third-order valence-electron chi connectivity index (χ3n) is 3.34. The molecule has 1 fully saturated rings. The Morgan fingerprint density at radius 3 is 3.07 bits per heavy atom. The van der Waals surface area contributed by atoms with Gasteiger partial charge >= 0.3 is 0 Å². The Kier molecular flexibility index (Phi) is 2.00. The third-order valence-corrected chi connectivity index (χ3v) is 3.34. The largest absolute Gasteiger partial charge is 0.498 e. The van der Waals surface area contributed by atoms with Crippen LogP contribution in [0.4, 0.5) is 0 Å². The fourth-order valence-corrected chi connectivity index (χ4v) is 2.57. The molecule has 0 aromatic heterocycles. The standard InChI is InChI=1S/C12H16O2/c1-3-9-7-12-10(4-2-6-14-12)8-11(9)13-5-1/h7,10H,1-6,8H2. The molecule has 0 aromatic rings. The first-order chi connectivity index (χ1) is 6.93. The summed E-state index contributed by atoms with van der Waals surface area (Å²) in [7, 11) is 0. The quantitative estimate of drug-likeness (QED) is 0.587. The van der Waals surface area contributed by atoms with E-state index in [1.807, 2.05) is 0 Å². The molecule has 0 spiro atoms. The molecule has 76 valence electrons. The highest BCUT2D eigenvalue weighted by Crippen LogP contribution is 2.38. The van der Waals surface area contributed by atoms with Gasteiger partial charge in [-0.3, -0.25) is 0 Å². The molecule has 14 heavy (non-hydrogen) atoms. The van der Waals surface area contributed by atoms with E-state index >= 15 is 0 Å². The highest BCUT2D eigenvalue weighted by molar-refractivity contribution is 5.32. The van der Waals surface area contributed by atoms with Gasteiger partial charge < -0.3 is 9.47 Å². The van der Waals surface area contributed by atoms with Gasteiger partial charge in [0.15, 0.2) is 0 Å². The zero-order chi connectivity index (χ0) is 9.38. The molecular formula is C12H16O2. The number of ether oxygens (including phenoxy) is 2. The molecule has 2 aliphatic heterocycles. The second-order valence-corrected chi connectivity index (χ2v) is 4.34. The van der Waals surface area contributed by atoms with Gasteiger partial charge in [0.2, 0.25) is 0 Å². The molecule has 2 heteroatoms. The summed E-state index contributed by atoms with van der Waals surface area (Å²) in [6, 6.07) is 0. The maximum absolute atomic E-state index is 5.71. The lowest BCUT2D eigenvalue weighted by atomic mass is 9.86. The van der Waals surface area contributed by atoms with Crippen LogP contribution in [0.2, 0.25) is 0 Å². The number of rotatable bonds is 0. The van der Waals surface area contributed by atoms with Crippen LogP contribution in [-0.4, -0.2) is 13.2 Å². The smallest absolute Gasteiger partial charge is 0.1000 e. The molecule has 1 aliphatic carbocycles. The van der Waals surface area contributed by atoms with Gasteiger partial charge in [-0.15, -0.1) is 0 Å². The molecule has 1 unspecified atom stereocenters. The van der Waals surface area contributed by atoms with Crippen LogP contribution in [0.15, 0.2) is 23.2 Å². The van der Waals surface area contributed by atoms with Crippen LogP contribution < -0.4 is 0 Å². The lowest BCUT2D eigenvalue weighted by molar-refractivity contribution is 0.102. The van der Waals surface area contributed by atoms with Crippen LogP contribution >= 0.6 is 0 Å². The van der Waals surface area contributed by atoms with Crippen molar-refractivity contribution in [2.45, 2.75) is 32.1 Å². The molecule has 0 amide bonds. The Hall–Kier alpha value is -0.920. The monoisotopic (exact) mass is 192 g/mol. The van der Waals surface area contributed by atoms with E-state index in [9.17, 15) is 0 Å². The Balaban J connectivity index is 1.89. The summed E-state index contributed by atoms with van der Waals surface area (Å²) in [5.74, 6) is 3.08. The summed E-state index contributed by atoms with van der Waals surface area (Å²) >= 11 is 0. The fourth-order valence-electron chi connectivity index (χ4n) is 2.57. The average molecular weight is 192 g/mol. The Morgan fingerprint density at radius 2 is 2.07 bits per heavy atom. The van der Waals surface area contributed by atoms with Gasteiger partial charge in [0.1, 0.15) is 0 Å². The van der Waals surface area contributed by atoms with E-state index < -0.39 is 0 Å². The van der Waals surface area contributed by atoms with Crippen molar-refractivity contribution in [1.82, 2.24) is 0 Å². The first-order valence-electron chi connectivity index (χ1n) is 5.63. The minimum absolute atomic E-state index is 0.612. The van der Waals surface area contributed by atoms with Gasteiger partial charge in [0.05, 0.1) is 24.7 Å². The lowest BCUT2D eigenvalue weighted by Gasteiger charge is -2.33. The SMILES string of the molecule is C1=C2OCCCC2CC2=C1CCCO2. The molecule has 0 saturated carbocycles. The first-order valence-corrected chi connectivity index (χ1v) is 5.63. The van der Waals surface area contributed by atoms with E-state index in [4.69, 9.17) is 9.47 Å². The van der Waals surface area contributed by atoms with E-state index in [0.29, 0.717) is 5.92 Å². The maximum Gasteiger partial charge on any atom is 0.1000 e. The minimum Gasteiger partial charge on any atom is -0.498 e. The molecule has 0 bridgehead atoms. The van der Waals surface area contributed by atoms with Gasteiger partial charge in [-0.2, -0.15) is 0 Å². The summed E-state index contributed by atoms with van der Waals surface area (Å²) in [6.45, 7) is 1.82. The van der Waals surface area contributed by atoms with E-state index in [1.54, 1.807) is 0 Å². The van der Waals surface area contributed by atoms with E-state index in [2.05, 4.69) is 6.08 Å². The predicted octanol–water partition coefficient (Wildman–Crippen LogP) is 2.77. The third kappa shape index (κ3) is 1.33. The first kappa shape index (κ1) is 8.39. The fraction of sp³-hybridized carbons (Fsp3) is 0.667. The normalized spacial score (nSPS) is 30.9. The summed E-state index contributed by atoms with van der Waals surface area (Å²) < 4.78 is 11.4. The summed E-state index contributed by atoms with van der Waals surface area (Å²) in [5, 5.41) is 0. The molecule has 0 radical (unpaired) electrons. The zero-order valence-electron chi connectivity index (χ0n) is 8.42. The Labute approximate surface area is 84.6 Å². The van der Waals surface area contributed by atoms with Crippen LogP contribution in [-0.2, 0) is 9.47 Å². The van der Waals surface area contributed by atoms with Crippen LogP contribution in [0.25, 0.3) is 0 Å². The lowest BCUT2D eigenvalue weighted by Crippen LogP contribution is -2.22. The minimum atomic E-state index is 0.612. The van der Waals surface area contributed by atoms with E-state index in [0.717, 1.165) is 26.1 Å². The van der Waals surface area contributed by atoms with Crippen molar-refractivity contribution in [2.24, 2.45) is 5.92 Å². The van der Waals surface area contributed by atoms with Crippen molar-refractivity contribution in [3.8, 4) is 0 Å². The average Bonchev–Trinajstić information content (AvgIpc) is 2.26. The van der Waals surface area contributed by atoms with E-state index in [-0.39, 0.29) is 0 Å². The summed E-state index contributed by atoms with van der Waals surface area (Å²) in [5.41, 5.74) is 1.39. The van der Waals surface area contributed by atoms with Crippen molar-refractivity contribution in [3.63, 3.8) is 0 Å². The van der Waals surface area contributed by atoms with Crippen LogP contribution in [0, 0.1) is 5.92 Å². The van der Waals surface area contributed by atoms with Crippen molar-refractivity contribution in [2.75, 3.05) is 13.2 Å². The summed E-state index contributed by atoms with van der Waals surface area (Å²) in [6.07, 6.45) is 8.13. The topological polar surface area (TPSA) is 18.5 Å². The van der Waals surface area contributed by atoms with Crippen LogP contribution in [0.3, 0.4) is 0 Å². The number of hydrogen-bond acceptors (Lipinski definition) is 2. The Morgan fingerprint density at radius 1 is 1.14 bits per heavy atom. The molecule has 2 heterocycles. The molecule has 3 rings (SSSR count). The van der Waals surface area contributed by atoms with E-state index in [1.165, 1.54) is 36.4 Å². The highest BCUT2D eigenvalue weighted by atomic mass is 16.5. The summed E-state index contributed by atoms with van der Waals surface area (Å²) in [4.78, 5) is 0. The van der Waals surface area contributed by atoms with Crippen molar-refractivity contribution < 1.29 is 9.47 Å². The second-order valence-electron chi connectivity index (χ2n) is 4.34. The molecule has 3 aliphatic rings. The van der Waals surface area contributed by atoms with Crippen molar-refractivity contribution in [1.29, 1.82) is 0 Å². The molecule has 0 N–H and O–H groups in total. The van der Waals surface area contributed by atoms with Gasteiger partial charge in [0.25, 0.3) is 0 Å². The van der Waals surface area contributed by atoms with Crippen molar-refractivity contribution in [3.05, 3.63) is 23.2 Å². The molecule has 2 nitrogen and oxygen atoms in total. The van der Waals surface area contributed by atoms with Gasteiger partial charge in [-0.1, -0.05) is 0 Å². The Bertz CT molecular complexity index is 301. The van der Waals surface area contributed by atoms with Gasteiger partial charge in [-0.25, -0.2) is 0 Å².